The van der Waals surface area contributed by atoms with Gasteiger partial charge in [0.15, 0.2) is 0 Å². The summed E-state index contributed by atoms with van der Waals surface area (Å²) in [7, 11) is 0. The third kappa shape index (κ3) is 10.1. The van der Waals surface area contributed by atoms with Crippen molar-refractivity contribution in [3.05, 3.63) is 59.2 Å². The van der Waals surface area contributed by atoms with Gasteiger partial charge in [-0.15, -0.1) is 11.8 Å². The molecule has 1 aliphatic carbocycles. The molecule has 242 valence electrons. The zero-order valence-electron chi connectivity index (χ0n) is 25.8. The molecule has 0 unspecified atom stereocenters. The summed E-state index contributed by atoms with van der Waals surface area (Å²) in [6, 6.07) is 11.6. The maximum Gasteiger partial charge on any atom is 0.416 e. The number of nitrogens with zero attached hydrogens (tertiary/aromatic N) is 1. The van der Waals surface area contributed by atoms with Crippen molar-refractivity contribution in [2.24, 2.45) is 0 Å². The van der Waals surface area contributed by atoms with Crippen LogP contribution in [0.1, 0.15) is 80.3 Å². The monoisotopic (exact) mass is 633 g/mol. The Morgan fingerprint density at radius 3 is 2.41 bits per heavy atom. The number of thioether (sulfide) groups is 1. The number of rotatable bonds is 13. The number of piperidine rings is 1. The molecule has 0 bridgehead atoms. The summed E-state index contributed by atoms with van der Waals surface area (Å²) in [4.78, 5) is 29.8. The summed E-state index contributed by atoms with van der Waals surface area (Å²) in [5.74, 6) is -0.0582. The highest BCUT2D eigenvalue weighted by Crippen LogP contribution is 2.33. The van der Waals surface area contributed by atoms with Gasteiger partial charge in [0, 0.05) is 35.8 Å². The average molecular weight is 634 g/mol. The second-order valence-electron chi connectivity index (χ2n) is 11.7. The highest BCUT2D eigenvalue weighted by molar-refractivity contribution is 7.99. The largest absolute Gasteiger partial charge is 0.416 e. The van der Waals surface area contributed by atoms with E-state index in [-0.39, 0.29) is 36.1 Å². The maximum atomic E-state index is 13.5. The van der Waals surface area contributed by atoms with E-state index in [4.69, 9.17) is 0 Å². The molecule has 1 aliphatic heterocycles. The smallest absolute Gasteiger partial charge is 0.382 e. The van der Waals surface area contributed by atoms with E-state index in [1.807, 2.05) is 0 Å². The molecule has 2 amide bonds. The Labute approximate surface area is 263 Å². The van der Waals surface area contributed by atoms with E-state index >= 15 is 0 Å². The molecule has 0 radical (unpaired) electrons. The Balaban J connectivity index is 1.38. The van der Waals surface area contributed by atoms with Crippen molar-refractivity contribution in [2.75, 3.05) is 37.2 Å². The van der Waals surface area contributed by atoms with E-state index < -0.39 is 17.6 Å². The molecule has 7 nitrogen and oxygen atoms in total. The number of amides is 2. The zero-order valence-corrected chi connectivity index (χ0v) is 26.6. The van der Waals surface area contributed by atoms with Crippen molar-refractivity contribution in [1.29, 1.82) is 0 Å². The van der Waals surface area contributed by atoms with Crippen LogP contribution in [-0.2, 0) is 17.5 Å². The number of hydrogen-bond acceptors (Lipinski definition) is 6. The summed E-state index contributed by atoms with van der Waals surface area (Å²) in [5.41, 5.74) is 0.522. The first-order chi connectivity index (χ1) is 21.2. The van der Waals surface area contributed by atoms with Crippen LogP contribution in [0.2, 0.25) is 0 Å². The van der Waals surface area contributed by atoms with Gasteiger partial charge in [-0.05, 0) is 80.4 Å². The summed E-state index contributed by atoms with van der Waals surface area (Å²) < 4.78 is 40.5. The molecule has 0 spiro atoms. The lowest BCUT2D eigenvalue weighted by Crippen LogP contribution is -2.60. The fourth-order valence-electron chi connectivity index (χ4n) is 6.06. The molecule has 2 aromatic rings. The van der Waals surface area contributed by atoms with Gasteiger partial charge in [-0.1, -0.05) is 45.2 Å². The molecule has 0 aromatic heterocycles. The Kier molecular flexibility index (Phi) is 12.8. The SMILES string of the molecule is CCCN1CC[C@@H](NCc2ccc(SCC)cc2)[C@@H](NC(=O)CNC(=O)c2cc(C(F)(F)F)ccc2NC2CCCCC2)C1. The van der Waals surface area contributed by atoms with Crippen LogP contribution in [0.5, 0.6) is 0 Å². The van der Waals surface area contributed by atoms with Gasteiger partial charge in [-0.25, -0.2) is 0 Å². The van der Waals surface area contributed by atoms with Crippen LogP contribution in [-0.4, -0.2) is 66.8 Å². The van der Waals surface area contributed by atoms with E-state index in [0.29, 0.717) is 18.8 Å². The van der Waals surface area contributed by atoms with E-state index in [0.717, 1.165) is 81.5 Å². The topological polar surface area (TPSA) is 85.5 Å². The molecule has 1 saturated carbocycles. The molecule has 2 fully saturated rings. The van der Waals surface area contributed by atoms with Crippen LogP contribution >= 0.6 is 11.8 Å². The molecule has 2 aliphatic rings. The quantitative estimate of drug-likeness (QED) is 0.201. The van der Waals surface area contributed by atoms with Crippen LogP contribution in [0.4, 0.5) is 18.9 Å². The second kappa shape index (κ2) is 16.5. The standard InChI is InChI=1S/C33H46F3N5O2S/c1-3-17-41-18-16-29(37-20-23-10-13-26(14-11-23)44-4-2)30(22-41)40-31(42)21-38-32(43)27-19-24(33(34,35)36)12-15-28(27)39-25-8-6-5-7-9-25/h10-15,19,25,29-30,37,39H,3-9,16-18,20-22H2,1-2H3,(H,38,43)(H,40,42)/t29-,30+/m1/s1. The lowest BCUT2D eigenvalue weighted by Gasteiger charge is -2.39. The van der Waals surface area contributed by atoms with Gasteiger partial charge >= 0.3 is 6.18 Å². The van der Waals surface area contributed by atoms with Crippen molar-refractivity contribution in [3.63, 3.8) is 0 Å². The maximum absolute atomic E-state index is 13.5. The van der Waals surface area contributed by atoms with Crippen molar-refractivity contribution >= 4 is 29.3 Å². The Morgan fingerprint density at radius 2 is 1.73 bits per heavy atom. The van der Waals surface area contributed by atoms with Crippen LogP contribution < -0.4 is 21.3 Å². The van der Waals surface area contributed by atoms with Gasteiger partial charge in [0.25, 0.3) is 5.91 Å². The molecule has 4 rings (SSSR count). The first-order valence-corrected chi connectivity index (χ1v) is 16.9. The Hall–Kier alpha value is -2.76. The Morgan fingerprint density at radius 1 is 0.977 bits per heavy atom. The van der Waals surface area contributed by atoms with Gasteiger partial charge in [0.2, 0.25) is 5.91 Å². The normalized spacial score (nSPS) is 19.8. The predicted molar refractivity (Wildman–Crippen MR) is 171 cm³/mol. The summed E-state index contributed by atoms with van der Waals surface area (Å²) >= 11 is 1.80. The predicted octanol–water partition coefficient (Wildman–Crippen LogP) is 6.05. The minimum absolute atomic E-state index is 0.0437. The van der Waals surface area contributed by atoms with E-state index in [2.05, 4.69) is 64.3 Å². The highest BCUT2D eigenvalue weighted by Gasteiger charge is 2.33. The molecule has 2 atom stereocenters. The molecule has 1 saturated heterocycles. The van der Waals surface area contributed by atoms with Crippen LogP contribution in [0, 0.1) is 0 Å². The third-order valence-corrected chi connectivity index (χ3v) is 9.25. The van der Waals surface area contributed by atoms with Gasteiger partial charge < -0.3 is 26.2 Å². The van der Waals surface area contributed by atoms with Gasteiger partial charge in [-0.2, -0.15) is 13.2 Å². The van der Waals surface area contributed by atoms with Crippen LogP contribution in [0.15, 0.2) is 47.4 Å². The summed E-state index contributed by atoms with van der Waals surface area (Å²) in [6.07, 6.45) is 2.30. The number of alkyl halides is 3. The highest BCUT2D eigenvalue weighted by atomic mass is 32.2. The van der Waals surface area contributed by atoms with Crippen LogP contribution in [0.25, 0.3) is 0 Å². The van der Waals surface area contributed by atoms with Crippen molar-refractivity contribution in [1.82, 2.24) is 20.9 Å². The number of halogens is 3. The molecule has 11 heteroatoms. The van der Waals surface area contributed by atoms with E-state index in [1.54, 1.807) is 11.8 Å². The molecular formula is C33H46F3N5O2S. The van der Waals surface area contributed by atoms with Crippen molar-refractivity contribution in [2.45, 2.75) is 94.5 Å². The first kappa shape index (κ1) is 34.1. The molecular weight excluding hydrogens is 587 g/mol. The number of nitrogens with one attached hydrogen (secondary N) is 4. The Bertz CT molecular complexity index is 1220. The molecule has 1 heterocycles. The third-order valence-electron chi connectivity index (χ3n) is 8.35. The van der Waals surface area contributed by atoms with Crippen molar-refractivity contribution in [3.8, 4) is 0 Å². The molecule has 4 N–H and O–H groups in total. The van der Waals surface area contributed by atoms with E-state index in [1.165, 1.54) is 11.0 Å². The van der Waals surface area contributed by atoms with Gasteiger partial charge in [-0.3, -0.25) is 9.59 Å². The number of carbonyl (C=O) groups is 2. The lowest BCUT2D eigenvalue weighted by molar-refractivity contribution is -0.137. The average Bonchev–Trinajstić information content (AvgIpc) is 3.01. The molecule has 44 heavy (non-hydrogen) atoms. The number of hydrogen-bond donors (Lipinski definition) is 4. The minimum Gasteiger partial charge on any atom is -0.382 e. The fourth-order valence-corrected chi connectivity index (χ4v) is 6.73. The van der Waals surface area contributed by atoms with E-state index in [9.17, 15) is 22.8 Å². The number of benzene rings is 2. The van der Waals surface area contributed by atoms with Crippen molar-refractivity contribution < 1.29 is 22.8 Å². The molecule has 2 aromatic carbocycles. The van der Waals surface area contributed by atoms with Gasteiger partial charge in [0.05, 0.1) is 23.7 Å². The first-order valence-electron chi connectivity index (χ1n) is 15.9. The second-order valence-corrected chi connectivity index (χ2v) is 13.1. The van der Waals surface area contributed by atoms with Crippen LogP contribution in [0.3, 0.4) is 0 Å². The summed E-state index contributed by atoms with van der Waals surface area (Å²) in [5, 5.41) is 12.6. The summed E-state index contributed by atoms with van der Waals surface area (Å²) in [6.45, 7) is 7.13. The number of likely N-dealkylation sites (tertiary alicyclic amines) is 1. The minimum atomic E-state index is -4.58. The zero-order chi connectivity index (χ0) is 31.5. The number of carbonyl (C=O) groups excluding carboxylic acids is 2. The number of anilines is 1. The van der Waals surface area contributed by atoms with Gasteiger partial charge in [0.1, 0.15) is 0 Å². The lowest BCUT2D eigenvalue weighted by atomic mass is 9.95. The fraction of sp³-hybridized carbons (Fsp3) is 0.576.